The molecule has 0 fully saturated rings. The normalized spacial score (nSPS) is 24.1. The number of amides is 4. The van der Waals surface area contributed by atoms with Crippen molar-refractivity contribution in [3.8, 4) is 0 Å². The van der Waals surface area contributed by atoms with Gasteiger partial charge in [-0.1, -0.05) is 10.2 Å². The molecular weight excluding hydrogens is 390 g/mol. The fourth-order valence-electron chi connectivity index (χ4n) is 2.16. The summed E-state index contributed by atoms with van der Waals surface area (Å²) >= 11 is 0. The Bertz CT molecular complexity index is 538. The summed E-state index contributed by atoms with van der Waals surface area (Å²) in [5.41, 5.74) is 0. The summed E-state index contributed by atoms with van der Waals surface area (Å²) in [5, 5.41) is 6.41. The second kappa shape index (κ2) is 14.8. The first-order valence-corrected chi connectivity index (χ1v) is 9.37. The van der Waals surface area contributed by atoms with Gasteiger partial charge in [-0.25, -0.2) is 14.5 Å². The van der Waals surface area contributed by atoms with Gasteiger partial charge in [-0.3, -0.25) is 0 Å². The molecule has 2 aliphatic rings. The molecule has 12 nitrogen and oxygen atoms in total. The van der Waals surface area contributed by atoms with E-state index in [4.69, 9.17) is 33.2 Å². The number of urea groups is 2. The summed E-state index contributed by atoms with van der Waals surface area (Å²) in [6.45, 7) is 4.63. The molecule has 0 aromatic heterocycles. The van der Waals surface area contributed by atoms with Gasteiger partial charge >= 0.3 is 12.1 Å². The zero-order valence-corrected chi connectivity index (χ0v) is 16.3. The number of imide groups is 1. The maximum Gasteiger partial charge on any atom is 0.371 e. The van der Waals surface area contributed by atoms with Crippen LogP contribution in [0, 0.1) is 0 Å². The van der Waals surface area contributed by atoms with E-state index in [0.29, 0.717) is 66.1 Å². The van der Waals surface area contributed by atoms with Crippen molar-refractivity contribution >= 4 is 12.1 Å². The maximum absolute atomic E-state index is 11.6. The van der Waals surface area contributed by atoms with Crippen LogP contribution in [0.2, 0.25) is 0 Å². The first-order valence-electron chi connectivity index (χ1n) is 9.37. The molecule has 0 bridgehead atoms. The van der Waals surface area contributed by atoms with Crippen molar-refractivity contribution in [2.24, 2.45) is 10.2 Å². The standard InChI is InChI=1S/C17H27N3O9/c21-16-18-19-17(22)20(16)13-15-14-28-10-9-26-6-5-24-2-1-23-3-4-25-7-8-27-11-12-29-15/h14H,1-13H2/b15-14-. The molecule has 4 amide bonds. The van der Waals surface area contributed by atoms with E-state index in [1.165, 1.54) is 6.26 Å². The third-order valence-corrected chi connectivity index (χ3v) is 3.56. The molecule has 0 aromatic carbocycles. The van der Waals surface area contributed by atoms with E-state index in [2.05, 4.69) is 10.2 Å². The molecule has 0 saturated carbocycles. The van der Waals surface area contributed by atoms with Crippen LogP contribution in [-0.2, 0) is 33.2 Å². The minimum Gasteiger partial charge on any atom is -0.495 e. The average molecular weight is 417 g/mol. The summed E-state index contributed by atoms with van der Waals surface area (Å²) < 4.78 is 37.9. The van der Waals surface area contributed by atoms with E-state index in [-0.39, 0.29) is 25.5 Å². The van der Waals surface area contributed by atoms with E-state index in [0.717, 1.165) is 4.90 Å². The second-order valence-corrected chi connectivity index (χ2v) is 5.72. The van der Waals surface area contributed by atoms with Crippen LogP contribution in [0.15, 0.2) is 22.2 Å². The first-order chi connectivity index (χ1) is 14.3. The molecule has 2 heterocycles. The lowest BCUT2D eigenvalue weighted by Crippen LogP contribution is -2.31. The van der Waals surface area contributed by atoms with E-state index < -0.39 is 12.1 Å². The quantitative estimate of drug-likeness (QED) is 0.645. The lowest BCUT2D eigenvalue weighted by molar-refractivity contribution is -0.0150. The van der Waals surface area contributed by atoms with Crippen molar-refractivity contribution in [2.75, 3.05) is 85.8 Å². The monoisotopic (exact) mass is 417 g/mol. The van der Waals surface area contributed by atoms with Crippen LogP contribution in [0.4, 0.5) is 9.59 Å². The third-order valence-electron chi connectivity index (χ3n) is 3.56. The van der Waals surface area contributed by atoms with Gasteiger partial charge in [0.1, 0.15) is 19.5 Å². The van der Waals surface area contributed by atoms with Crippen LogP contribution in [0.3, 0.4) is 0 Å². The Hall–Kier alpha value is -2.12. The van der Waals surface area contributed by atoms with Crippen LogP contribution in [0.25, 0.3) is 0 Å². The molecule has 2 rings (SSSR count). The topological polar surface area (TPSA) is 127 Å². The zero-order chi connectivity index (χ0) is 20.6. The fraction of sp³-hybridized carbons (Fsp3) is 0.765. The van der Waals surface area contributed by atoms with Gasteiger partial charge in [-0.15, -0.1) is 0 Å². The Balaban J connectivity index is 1.78. The zero-order valence-electron chi connectivity index (χ0n) is 16.3. The van der Waals surface area contributed by atoms with Gasteiger partial charge in [0.05, 0.1) is 72.6 Å². The van der Waals surface area contributed by atoms with Crippen molar-refractivity contribution in [3.05, 3.63) is 12.0 Å². The van der Waals surface area contributed by atoms with Crippen LogP contribution in [-0.4, -0.2) is 103 Å². The molecule has 164 valence electrons. The summed E-state index contributed by atoms with van der Waals surface area (Å²) in [5.74, 6) is 0.269. The lowest BCUT2D eigenvalue weighted by atomic mass is 10.4. The maximum atomic E-state index is 11.6. The highest BCUT2D eigenvalue weighted by Crippen LogP contribution is 2.11. The lowest BCUT2D eigenvalue weighted by Gasteiger charge is -2.15. The SMILES string of the molecule is O=C1N=NC(=O)N1C/C1=C/OCCOCCOCCOCCOCCOCCO1. The summed E-state index contributed by atoms with van der Waals surface area (Å²) in [7, 11) is 0. The second-order valence-electron chi connectivity index (χ2n) is 5.72. The molecule has 0 atom stereocenters. The van der Waals surface area contributed by atoms with Crippen molar-refractivity contribution in [1.82, 2.24) is 4.90 Å². The average Bonchev–Trinajstić information content (AvgIpc) is 3.03. The number of rotatable bonds is 2. The van der Waals surface area contributed by atoms with E-state index in [1.54, 1.807) is 0 Å². The van der Waals surface area contributed by atoms with Crippen LogP contribution in [0.5, 0.6) is 0 Å². The van der Waals surface area contributed by atoms with Gasteiger partial charge in [0, 0.05) is 0 Å². The summed E-state index contributed by atoms with van der Waals surface area (Å²) in [6.07, 6.45) is 1.34. The highest BCUT2D eigenvalue weighted by molar-refractivity contribution is 5.98. The van der Waals surface area contributed by atoms with E-state index in [1.807, 2.05) is 0 Å². The third kappa shape index (κ3) is 10.3. The number of hydrogen-bond donors (Lipinski definition) is 0. The molecule has 0 saturated heterocycles. The van der Waals surface area contributed by atoms with Gasteiger partial charge in [-0.05, 0) is 0 Å². The molecule has 29 heavy (non-hydrogen) atoms. The van der Waals surface area contributed by atoms with Crippen molar-refractivity contribution in [2.45, 2.75) is 0 Å². The Labute approximate surface area is 168 Å². The highest BCUT2D eigenvalue weighted by Gasteiger charge is 2.28. The van der Waals surface area contributed by atoms with Gasteiger partial charge < -0.3 is 33.2 Å². The van der Waals surface area contributed by atoms with Crippen LogP contribution < -0.4 is 0 Å². The van der Waals surface area contributed by atoms with E-state index >= 15 is 0 Å². The van der Waals surface area contributed by atoms with Gasteiger partial charge in [-0.2, -0.15) is 0 Å². The van der Waals surface area contributed by atoms with Gasteiger partial charge in [0.15, 0.2) is 5.76 Å². The number of nitrogens with zero attached hydrogens (tertiary/aromatic N) is 3. The summed E-state index contributed by atoms with van der Waals surface area (Å²) in [4.78, 5) is 24.0. The van der Waals surface area contributed by atoms with Gasteiger partial charge in [0.25, 0.3) is 0 Å². The molecule has 0 unspecified atom stereocenters. The minimum atomic E-state index is -0.748. The first kappa shape index (κ1) is 23.2. The predicted octanol–water partition coefficient (Wildman–Crippen LogP) is 0.965. The van der Waals surface area contributed by atoms with Crippen molar-refractivity contribution in [1.29, 1.82) is 0 Å². The molecule has 0 aliphatic carbocycles. The molecule has 2 aliphatic heterocycles. The molecule has 0 spiro atoms. The minimum absolute atomic E-state index is 0.136. The Morgan fingerprint density at radius 2 is 1.07 bits per heavy atom. The number of carbonyl (C=O) groups is 2. The molecular formula is C17H27N3O9. The molecule has 0 aromatic rings. The van der Waals surface area contributed by atoms with Crippen LogP contribution >= 0.6 is 0 Å². The Kier molecular flexibility index (Phi) is 11.8. The number of ether oxygens (including phenoxy) is 7. The summed E-state index contributed by atoms with van der Waals surface area (Å²) in [6, 6.07) is -1.50. The van der Waals surface area contributed by atoms with Gasteiger partial charge in [0.2, 0.25) is 0 Å². The predicted molar refractivity (Wildman–Crippen MR) is 96.4 cm³/mol. The smallest absolute Gasteiger partial charge is 0.371 e. The number of azo groups is 1. The Morgan fingerprint density at radius 3 is 1.55 bits per heavy atom. The van der Waals surface area contributed by atoms with Crippen molar-refractivity contribution < 1.29 is 42.7 Å². The molecule has 0 N–H and O–H groups in total. The highest BCUT2D eigenvalue weighted by atomic mass is 16.6. The number of carbonyl (C=O) groups excluding carboxylic acids is 2. The molecule has 0 radical (unpaired) electrons. The Morgan fingerprint density at radius 1 is 0.655 bits per heavy atom. The fourth-order valence-corrected chi connectivity index (χ4v) is 2.16. The molecule has 12 heteroatoms. The number of hydrogen-bond acceptors (Lipinski definition) is 9. The van der Waals surface area contributed by atoms with Crippen LogP contribution in [0.1, 0.15) is 0 Å². The van der Waals surface area contributed by atoms with Crippen molar-refractivity contribution in [3.63, 3.8) is 0 Å². The van der Waals surface area contributed by atoms with E-state index in [9.17, 15) is 9.59 Å². The largest absolute Gasteiger partial charge is 0.495 e.